The van der Waals surface area contributed by atoms with Gasteiger partial charge in [0.2, 0.25) is 0 Å². The quantitative estimate of drug-likeness (QED) is 0.809. The number of aryl methyl sites for hydroxylation is 1. The zero-order chi connectivity index (χ0) is 10.9. The third-order valence-electron chi connectivity index (χ3n) is 1.25. The molecule has 1 aromatic rings. The van der Waals surface area contributed by atoms with Crippen LogP contribution in [-0.4, -0.2) is 16.5 Å². The molecule has 7 heteroatoms. The zero-order valence-electron chi connectivity index (χ0n) is 6.89. The van der Waals surface area contributed by atoms with E-state index >= 15 is 0 Å². The molecule has 0 aromatic carbocycles. The average molecular weight is 319 g/mol. The van der Waals surface area contributed by atoms with Gasteiger partial charge in [0.1, 0.15) is 0 Å². The molecule has 0 aliphatic carbocycles. The van der Waals surface area contributed by atoms with Crippen LogP contribution in [0.5, 0.6) is 11.6 Å². The van der Waals surface area contributed by atoms with Gasteiger partial charge in [-0.05, 0) is 35.6 Å². The van der Waals surface area contributed by atoms with Gasteiger partial charge in [-0.15, -0.1) is 13.2 Å². The minimum absolute atomic E-state index is 0.259. The lowest BCUT2D eigenvalue weighted by atomic mass is 10.3. The first-order chi connectivity index (χ1) is 6.29. The first-order valence-corrected chi connectivity index (χ1v) is 4.49. The number of aromatic hydroxyl groups is 1. The summed E-state index contributed by atoms with van der Waals surface area (Å²) in [4.78, 5) is 3.42. The van der Waals surface area contributed by atoms with Gasteiger partial charge in [-0.3, -0.25) is 0 Å². The molecule has 1 aromatic heterocycles. The molecular weight excluding hydrogens is 314 g/mol. The summed E-state index contributed by atoms with van der Waals surface area (Å²) in [6, 6.07) is 1.44. The van der Waals surface area contributed by atoms with Crippen LogP contribution >= 0.6 is 22.6 Å². The van der Waals surface area contributed by atoms with Crippen molar-refractivity contribution in [3.63, 3.8) is 0 Å². The fourth-order valence-electron chi connectivity index (χ4n) is 0.780. The van der Waals surface area contributed by atoms with Crippen molar-refractivity contribution >= 4 is 22.6 Å². The van der Waals surface area contributed by atoms with Gasteiger partial charge < -0.3 is 9.84 Å². The van der Waals surface area contributed by atoms with E-state index < -0.39 is 18.0 Å². The van der Waals surface area contributed by atoms with Crippen LogP contribution in [0.2, 0.25) is 0 Å². The average Bonchev–Trinajstić information content (AvgIpc) is 1.96. The number of aromatic nitrogens is 1. The van der Waals surface area contributed by atoms with E-state index in [2.05, 4.69) is 9.72 Å². The summed E-state index contributed by atoms with van der Waals surface area (Å²) in [6.07, 6.45) is -4.85. The van der Waals surface area contributed by atoms with Crippen molar-refractivity contribution in [2.45, 2.75) is 13.3 Å². The molecule has 0 aliphatic heterocycles. The van der Waals surface area contributed by atoms with Crippen LogP contribution in [-0.2, 0) is 0 Å². The standard InChI is InChI=1S/C7H5F3INO2/c1-3-2-4(11)5(13)6(12-3)14-7(8,9)10/h2,13H,1H3. The van der Waals surface area contributed by atoms with Crippen molar-refractivity contribution in [3.05, 3.63) is 15.3 Å². The Hall–Kier alpha value is -0.730. The third-order valence-corrected chi connectivity index (χ3v) is 2.08. The Bertz CT molecular complexity index is 354. The minimum Gasteiger partial charge on any atom is -0.502 e. The van der Waals surface area contributed by atoms with Gasteiger partial charge in [-0.25, -0.2) is 4.98 Å². The molecule has 0 fully saturated rings. The van der Waals surface area contributed by atoms with Crippen LogP contribution in [0.3, 0.4) is 0 Å². The summed E-state index contributed by atoms with van der Waals surface area (Å²) >= 11 is 1.69. The summed E-state index contributed by atoms with van der Waals surface area (Å²) in [6.45, 7) is 1.50. The fourth-order valence-corrected chi connectivity index (χ4v) is 1.46. The van der Waals surface area contributed by atoms with Crippen molar-refractivity contribution < 1.29 is 23.0 Å². The number of hydrogen-bond acceptors (Lipinski definition) is 3. The molecule has 78 valence electrons. The highest BCUT2D eigenvalue weighted by molar-refractivity contribution is 14.1. The summed E-state index contributed by atoms with van der Waals surface area (Å²) in [5.74, 6) is -1.42. The molecule has 0 radical (unpaired) electrons. The molecular formula is C7H5F3INO2. The maximum Gasteiger partial charge on any atom is 0.574 e. The van der Waals surface area contributed by atoms with E-state index in [0.717, 1.165) is 0 Å². The van der Waals surface area contributed by atoms with Crippen molar-refractivity contribution in [1.82, 2.24) is 4.98 Å². The predicted molar refractivity (Wildman–Crippen MR) is 50.0 cm³/mol. The Balaban J connectivity index is 3.09. The van der Waals surface area contributed by atoms with Crippen molar-refractivity contribution in [3.8, 4) is 11.6 Å². The maximum atomic E-state index is 11.8. The molecule has 0 saturated carbocycles. The van der Waals surface area contributed by atoms with Gasteiger partial charge in [-0.1, -0.05) is 0 Å². The Morgan fingerprint density at radius 2 is 2.07 bits per heavy atom. The predicted octanol–water partition coefficient (Wildman–Crippen LogP) is 2.60. The summed E-state index contributed by atoms with van der Waals surface area (Å²) in [7, 11) is 0. The number of nitrogens with zero attached hydrogens (tertiary/aromatic N) is 1. The van der Waals surface area contributed by atoms with Gasteiger partial charge >= 0.3 is 6.36 Å². The highest BCUT2D eigenvalue weighted by Crippen LogP contribution is 2.33. The lowest BCUT2D eigenvalue weighted by Gasteiger charge is -2.10. The molecule has 1 heterocycles. The van der Waals surface area contributed by atoms with E-state index in [1.165, 1.54) is 13.0 Å². The molecule has 1 rings (SSSR count). The topological polar surface area (TPSA) is 42.4 Å². The molecule has 0 aliphatic rings. The van der Waals surface area contributed by atoms with Gasteiger partial charge in [0.15, 0.2) is 5.75 Å². The van der Waals surface area contributed by atoms with Gasteiger partial charge in [0.05, 0.1) is 3.57 Å². The van der Waals surface area contributed by atoms with Gasteiger partial charge in [-0.2, -0.15) is 0 Å². The Kier molecular flexibility index (Phi) is 3.07. The fraction of sp³-hybridized carbons (Fsp3) is 0.286. The second kappa shape index (κ2) is 3.79. The Morgan fingerprint density at radius 1 is 1.50 bits per heavy atom. The second-order valence-corrected chi connectivity index (χ2v) is 3.61. The zero-order valence-corrected chi connectivity index (χ0v) is 9.05. The molecule has 0 spiro atoms. The molecule has 3 nitrogen and oxygen atoms in total. The summed E-state index contributed by atoms with van der Waals surface area (Å²) in [5, 5.41) is 9.19. The normalized spacial score (nSPS) is 11.5. The van der Waals surface area contributed by atoms with Gasteiger partial charge in [0, 0.05) is 5.69 Å². The van der Waals surface area contributed by atoms with Crippen LogP contribution in [0.4, 0.5) is 13.2 Å². The van der Waals surface area contributed by atoms with E-state index in [9.17, 15) is 18.3 Å². The third kappa shape index (κ3) is 2.89. The minimum atomic E-state index is -4.85. The summed E-state index contributed by atoms with van der Waals surface area (Å²) in [5.41, 5.74) is 0.339. The van der Waals surface area contributed by atoms with Crippen LogP contribution in [0.15, 0.2) is 6.07 Å². The van der Waals surface area contributed by atoms with Crippen LogP contribution in [0, 0.1) is 10.5 Å². The van der Waals surface area contributed by atoms with E-state index in [1.54, 1.807) is 22.6 Å². The molecule has 0 saturated heterocycles. The second-order valence-electron chi connectivity index (χ2n) is 2.45. The monoisotopic (exact) mass is 319 g/mol. The van der Waals surface area contributed by atoms with Crippen molar-refractivity contribution in [2.24, 2.45) is 0 Å². The first-order valence-electron chi connectivity index (χ1n) is 3.41. The number of pyridine rings is 1. The van der Waals surface area contributed by atoms with Crippen molar-refractivity contribution in [1.29, 1.82) is 0 Å². The molecule has 0 amide bonds. The molecule has 1 N–H and O–H groups in total. The Morgan fingerprint density at radius 3 is 2.57 bits per heavy atom. The molecule has 14 heavy (non-hydrogen) atoms. The van der Waals surface area contributed by atoms with E-state index in [-0.39, 0.29) is 3.57 Å². The summed E-state index contributed by atoms with van der Waals surface area (Å²) < 4.78 is 39.2. The number of rotatable bonds is 1. The largest absolute Gasteiger partial charge is 0.574 e. The van der Waals surface area contributed by atoms with E-state index in [0.29, 0.717) is 5.69 Å². The van der Waals surface area contributed by atoms with E-state index in [1.807, 2.05) is 0 Å². The highest BCUT2D eigenvalue weighted by atomic mass is 127. The van der Waals surface area contributed by atoms with Crippen LogP contribution < -0.4 is 4.74 Å². The number of halogens is 4. The van der Waals surface area contributed by atoms with E-state index in [4.69, 9.17) is 0 Å². The number of alkyl halides is 3. The van der Waals surface area contributed by atoms with Crippen LogP contribution in [0.1, 0.15) is 5.69 Å². The Labute approximate surface area is 91.0 Å². The number of hydrogen-bond donors (Lipinski definition) is 1. The van der Waals surface area contributed by atoms with Crippen molar-refractivity contribution in [2.75, 3.05) is 0 Å². The SMILES string of the molecule is Cc1cc(I)c(O)c(OC(F)(F)F)n1. The molecule has 0 atom stereocenters. The lowest BCUT2D eigenvalue weighted by Crippen LogP contribution is -2.18. The maximum absolute atomic E-state index is 11.8. The smallest absolute Gasteiger partial charge is 0.502 e. The first kappa shape index (κ1) is 11.3. The molecule has 0 bridgehead atoms. The number of ether oxygens (including phenoxy) is 1. The molecule has 0 unspecified atom stereocenters. The lowest BCUT2D eigenvalue weighted by molar-refractivity contribution is -0.276. The van der Waals surface area contributed by atoms with Crippen LogP contribution in [0.25, 0.3) is 0 Å². The van der Waals surface area contributed by atoms with Gasteiger partial charge in [0.25, 0.3) is 5.88 Å². The highest BCUT2D eigenvalue weighted by Gasteiger charge is 2.33.